The minimum atomic E-state index is -0.102. The average molecular weight is 493 g/mol. The van der Waals surface area contributed by atoms with Gasteiger partial charge >= 0.3 is 6.03 Å². The number of para-hydroxylation sites is 1. The highest BCUT2D eigenvalue weighted by Crippen LogP contribution is 2.33. The molecule has 7 heteroatoms. The number of rotatable bonds is 7. The van der Waals surface area contributed by atoms with Crippen molar-refractivity contribution in [1.29, 1.82) is 0 Å². The number of anilines is 3. The summed E-state index contributed by atoms with van der Waals surface area (Å²) in [4.78, 5) is 24.8. The van der Waals surface area contributed by atoms with Gasteiger partial charge in [-0.1, -0.05) is 45.9 Å². The van der Waals surface area contributed by atoms with Crippen LogP contribution in [0.2, 0.25) is 0 Å². The largest absolute Gasteiger partial charge is 0.362 e. The molecule has 0 radical (unpaired) electrons. The van der Waals surface area contributed by atoms with Gasteiger partial charge in [0.1, 0.15) is 5.82 Å². The molecule has 2 amide bonds. The lowest BCUT2D eigenvalue weighted by Crippen LogP contribution is -2.42. The van der Waals surface area contributed by atoms with E-state index in [-0.39, 0.29) is 12.1 Å². The molecule has 0 atom stereocenters. The van der Waals surface area contributed by atoms with Crippen molar-refractivity contribution >= 4 is 23.5 Å². The van der Waals surface area contributed by atoms with Crippen LogP contribution in [-0.2, 0) is 12.8 Å². The number of fused-ring (bicyclic) bond motifs is 1. The van der Waals surface area contributed by atoms with Crippen molar-refractivity contribution in [3.63, 3.8) is 0 Å². The quantitative estimate of drug-likeness (QED) is 0.428. The van der Waals surface area contributed by atoms with Gasteiger partial charge in [-0.05, 0) is 74.3 Å². The van der Waals surface area contributed by atoms with E-state index in [1.807, 2.05) is 0 Å². The highest BCUT2D eigenvalue weighted by atomic mass is 16.2. The number of nitrogens with zero attached hydrogens (tertiary/aromatic N) is 3. The lowest BCUT2D eigenvalue weighted by molar-refractivity contribution is 0.243. The molecule has 2 aliphatic carbocycles. The minimum absolute atomic E-state index is 0.102. The Labute approximate surface area is 216 Å². The van der Waals surface area contributed by atoms with E-state index in [1.165, 1.54) is 35.2 Å². The third-order valence-electron chi connectivity index (χ3n) is 7.59. The van der Waals surface area contributed by atoms with Crippen LogP contribution < -0.4 is 20.9 Å². The summed E-state index contributed by atoms with van der Waals surface area (Å²) in [5, 5.41) is 10.0. The standard InChI is InChI=1S/C29H44N6O/c1-18(2)22-11-9-12-23(19(3)4)26(22)33-29(36)31-21-16-14-20(15-17-21)30-28-32-25-13-8-7-10-24(25)27(34-28)35(5)6/h9,11-12,18-21H,7-8,10,13-17H2,1-6H3,(H,30,32,34)(H2,31,33,36)/t20-,21+. The fraction of sp³-hybridized carbons (Fsp3) is 0.621. The predicted molar refractivity (Wildman–Crippen MR) is 149 cm³/mol. The van der Waals surface area contributed by atoms with Crippen molar-refractivity contribution in [2.75, 3.05) is 29.6 Å². The van der Waals surface area contributed by atoms with Crippen molar-refractivity contribution < 1.29 is 4.79 Å². The van der Waals surface area contributed by atoms with E-state index < -0.39 is 0 Å². The molecule has 1 saturated carbocycles. The molecule has 1 fully saturated rings. The van der Waals surface area contributed by atoms with Crippen LogP contribution in [0, 0.1) is 0 Å². The second-order valence-corrected chi connectivity index (χ2v) is 11.3. The molecule has 0 spiro atoms. The Hall–Kier alpha value is -2.83. The van der Waals surface area contributed by atoms with E-state index in [4.69, 9.17) is 9.97 Å². The third kappa shape index (κ3) is 6.11. The first-order valence-electron chi connectivity index (χ1n) is 13.8. The molecule has 0 aliphatic heterocycles. The summed E-state index contributed by atoms with van der Waals surface area (Å²) in [5.41, 5.74) is 5.86. The molecule has 1 aromatic heterocycles. The molecule has 3 N–H and O–H groups in total. The molecule has 0 bridgehead atoms. The van der Waals surface area contributed by atoms with Gasteiger partial charge in [0.2, 0.25) is 5.95 Å². The van der Waals surface area contributed by atoms with Crippen LogP contribution >= 0.6 is 0 Å². The summed E-state index contributed by atoms with van der Waals surface area (Å²) in [6.45, 7) is 8.68. The number of hydrogen-bond acceptors (Lipinski definition) is 5. The van der Waals surface area contributed by atoms with Gasteiger partial charge in [-0.15, -0.1) is 0 Å². The van der Waals surface area contributed by atoms with E-state index in [1.54, 1.807) is 0 Å². The fourth-order valence-corrected chi connectivity index (χ4v) is 5.60. The summed E-state index contributed by atoms with van der Waals surface area (Å²) >= 11 is 0. The van der Waals surface area contributed by atoms with Crippen LogP contribution in [-0.4, -0.2) is 42.2 Å². The number of nitrogens with one attached hydrogen (secondary N) is 3. The summed E-state index contributed by atoms with van der Waals surface area (Å²) < 4.78 is 0. The van der Waals surface area contributed by atoms with E-state index >= 15 is 0 Å². The molecule has 7 nitrogen and oxygen atoms in total. The lowest BCUT2D eigenvalue weighted by atomic mass is 9.91. The molecule has 2 aromatic rings. The van der Waals surface area contributed by atoms with Gasteiger partial charge in [-0.25, -0.2) is 9.78 Å². The Balaban J connectivity index is 1.34. The Bertz CT molecular complexity index is 1030. The van der Waals surface area contributed by atoms with E-state index in [9.17, 15) is 4.79 Å². The summed E-state index contributed by atoms with van der Waals surface area (Å²) in [6, 6.07) is 6.74. The van der Waals surface area contributed by atoms with Crippen molar-refractivity contribution in [2.45, 2.75) is 103 Å². The number of amides is 2. The Morgan fingerprint density at radius 1 is 0.917 bits per heavy atom. The Kier molecular flexibility index (Phi) is 8.37. The second-order valence-electron chi connectivity index (χ2n) is 11.3. The molecular weight excluding hydrogens is 448 g/mol. The molecule has 0 saturated heterocycles. The van der Waals surface area contributed by atoms with Gasteiger partial charge in [0.25, 0.3) is 0 Å². The third-order valence-corrected chi connectivity index (χ3v) is 7.59. The molecule has 1 aromatic carbocycles. The first-order chi connectivity index (χ1) is 17.2. The molecule has 196 valence electrons. The summed E-state index contributed by atoms with van der Waals surface area (Å²) in [6.07, 6.45) is 8.40. The minimum Gasteiger partial charge on any atom is -0.362 e. The van der Waals surface area contributed by atoms with E-state index in [0.717, 1.165) is 56.0 Å². The number of hydrogen-bond donors (Lipinski definition) is 3. The molecule has 4 rings (SSSR count). The number of aromatic nitrogens is 2. The van der Waals surface area contributed by atoms with E-state index in [0.29, 0.717) is 17.9 Å². The Morgan fingerprint density at radius 3 is 2.14 bits per heavy atom. The van der Waals surface area contributed by atoms with Gasteiger partial charge in [-0.3, -0.25) is 0 Å². The van der Waals surface area contributed by atoms with Gasteiger partial charge in [0.15, 0.2) is 0 Å². The number of aryl methyl sites for hydroxylation is 1. The smallest absolute Gasteiger partial charge is 0.319 e. The zero-order valence-corrected chi connectivity index (χ0v) is 22.9. The van der Waals surface area contributed by atoms with Crippen LogP contribution in [0.5, 0.6) is 0 Å². The number of carbonyl (C=O) groups excluding carboxylic acids is 1. The van der Waals surface area contributed by atoms with Gasteiger partial charge in [0, 0.05) is 37.4 Å². The maximum absolute atomic E-state index is 13.0. The number of carbonyl (C=O) groups is 1. The molecule has 2 aliphatic rings. The molecule has 36 heavy (non-hydrogen) atoms. The zero-order chi connectivity index (χ0) is 25.8. The first-order valence-corrected chi connectivity index (χ1v) is 13.8. The first kappa shape index (κ1) is 26.2. The van der Waals surface area contributed by atoms with Crippen LogP contribution in [0.4, 0.5) is 22.2 Å². The van der Waals surface area contributed by atoms with Gasteiger partial charge < -0.3 is 20.9 Å². The fourth-order valence-electron chi connectivity index (χ4n) is 5.60. The summed E-state index contributed by atoms with van der Waals surface area (Å²) in [7, 11) is 4.12. The second kappa shape index (κ2) is 11.5. The van der Waals surface area contributed by atoms with Crippen LogP contribution in [0.15, 0.2) is 18.2 Å². The van der Waals surface area contributed by atoms with Crippen molar-refractivity contribution in [3.05, 3.63) is 40.6 Å². The highest BCUT2D eigenvalue weighted by molar-refractivity contribution is 5.91. The van der Waals surface area contributed by atoms with Crippen LogP contribution in [0.25, 0.3) is 0 Å². The number of benzene rings is 1. The normalized spacial score (nSPS) is 19.7. The van der Waals surface area contributed by atoms with Gasteiger partial charge in [-0.2, -0.15) is 4.98 Å². The SMILES string of the molecule is CC(C)c1cccc(C(C)C)c1NC(=O)N[C@H]1CC[C@@H](Nc2nc3c(c(N(C)C)n2)CCCC3)CC1. The van der Waals surface area contributed by atoms with Crippen molar-refractivity contribution in [3.8, 4) is 0 Å². The lowest BCUT2D eigenvalue weighted by Gasteiger charge is -2.31. The topological polar surface area (TPSA) is 82.2 Å². The molecular formula is C29H44N6O. The van der Waals surface area contributed by atoms with Crippen molar-refractivity contribution in [1.82, 2.24) is 15.3 Å². The van der Waals surface area contributed by atoms with Crippen LogP contribution in [0.1, 0.15) is 100 Å². The van der Waals surface area contributed by atoms with Gasteiger partial charge in [0.05, 0.1) is 5.69 Å². The van der Waals surface area contributed by atoms with Crippen LogP contribution in [0.3, 0.4) is 0 Å². The van der Waals surface area contributed by atoms with E-state index in [2.05, 4.69) is 80.8 Å². The number of urea groups is 1. The molecule has 1 heterocycles. The Morgan fingerprint density at radius 2 is 1.53 bits per heavy atom. The highest BCUT2D eigenvalue weighted by Gasteiger charge is 2.25. The average Bonchev–Trinajstić information content (AvgIpc) is 2.84. The zero-order valence-electron chi connectivity index (χ0n) is 22.9. The molecule has 0 unspecified atom stereocenters. The maximum atomic E-state index is 13.0. The monoisotopic (exact) mass is 492 g/mol. The maximum Gasteiger partial charge on any atom is 0.319 e. The summed E-state index contributed by atoms with van der Waals surface area (Å²) in [5.74, 6) is 2.50. The predicted octanol–water partition coefficient (Wildman–Crippen LogP) is 6.21. The van der Waals surface area contributed by atoms with Crippen molar-refractivity contribution in [2.24, 2.45) is 0 Å².